The molecular formula is C20H25F3N4O4. The van der Waals surface area contributed by atoms with Crippen molar-refractivity contribution in [3.8, 4) is 5.75 Å². The molecule has 8 nitrogen and oxygen atoms in total. The molecule has 0 bridgehead atoms. The van der Waals surface area contributed by atoms with Gasteiger partial charge < -0.3 is 19.7 Å². The highest BCUT2D eigenvalue weighted by molar-refractivity contribution is 5.81. The van der Waals surface area contributed by atoms with Crippen molar-refractivity contribution in [3.63, 3.8) is 0 Å². The van der Waals surface area contributed by atoms with Gasteiger partial charge in [0.25, 0.3) is 0 Å². The summed E-state index contributed by atoms with van der Waals surface area (Å²) < 4.78 is 37.0. The van der Waals surface area contributed by atoms with E-state index in [2.05, 4.69) is 22.2 Å². The van der Waals surface area contributed by atoms with Gasteiger partial charge in [0, 0.05) is 19.0 Å². The van der Waals surface area contributed by atoms with Crippen LogP contribution in [-0.4, -0.2) is 57.7 Å². The van der Waals surface area contributed by atoms with Crippen molar-refractivity contribution in [2.24, 2.45) is 0 Å². The standard InChI is InChI=1S/C18H24N4O2.C2HF3O2/c1-12(14-5-4-6-15(9-14)24-3)21-13(2)18(23)22-8-7-16-17(10-22)20-11-19-16;3-2(4,5)1(6)7/h4-6,9,11-13,21H,7-8,10H2,1-3H3,(H,19,20);(H,6,7). The van der Waals surface area contributed by atoms with Gasteiger partial charge in [0.2, 0.25) is 5.91 Å². The Kier molecular flexibility index (Phi) is 8.03. The molecule has 170 valence electrons. The van der Waals surface area contributed by atoms with Gasteiger partial charge in [-0.25, -0.2) is 9.78 Å². The fourth-order valence-electron chi connectivity index (χ4n) is 3.13. The molecule has 2 atom stereocenters. The van der Waals surface area contributed by atoms with E-state index in [1.807, 2.05) is 36.1 Å². The second-order valence-corrected chi connectivity index (χ2v) is 7.03. The van der Waals surface area contributed by atoms with Crippen LogP contribution < -0.4 is 10.1 Å². The summed E-state index contributed by atoms with van der Waals surface area (Å²) in [6, 6.07) is 7.72. The Morgan fingerprint density at radius 2 is 2.00 bits per heavy atom. The number of aromatic amines is 1. The maximum atomic E-state index is 12.7. The summed E-state index contributed by atoms with van der Waals surface area (Å²) in [6.07, 6.45) is -2.58. The number of rotatable bonds is 5. The van der Waals surface area contributed by atoms with Crippen LogP contribution in [0.3, 0.4) is 0 Å². The Bertz CT molecular complexity index is 901. The van der Waals surface area contributed by atoms with Crippen LogP contribution in [0.15, 0.2) is 30.6 Å². The number of nitrogens with zero attached hydrogens (tertiary/aromatic N) is 2. The van der Waals surface area contributed by atoms with Gasteiger partial charge in [0.05, 0.1) is 37.4 Å². The number of nitrogens with one attached hydrogen (secondary N) is 2. The van der Waals surface area contributed by atoms with Crippen molar-refractivity contribution in [1.82, 2.24) is 20.2 Å². The van der Waals surface area contributed by atoms with Crippen LogP contribution in [0.4, 0.5) is 13.2 Å². The summed E-state index contributed by atoms with van der Waals surface area (Å²) in [4.78, 5) is 30.9. The summed E-state index contributed by atoms with van der Waals surface area (Å²) in [5.74, 6) is -1.82. The van der Waals surface area contributed by atoms with Crippen molar-refractivity contribution in [1.29, 1.82) is 0 Å². The fourth-order valence-corrected chi connectivity index (χ4v) is 3.13. The number of aliphatic carboxylic acids is 1. The number of carboxylic acids is 1. The molecule has 0 aliphatic carbocycles. The molecule has 2 heterocycles. The molecule has 3 rings (SSSR count). The number of methoxy groups -OCH3 is 1. The number of halogens is 3. The first-order valence-corrected chi connectivity index (χ1v) is 9.53. The number of hydrogen-bond acceptors (Lipinski definition) is 5. The van der Waals surface area contributed by atoms with E-state index in [4.69, 9.17) is 14.6 Å². The molecule has 2 unspecified atom stereocenters. The molecule has 1 aromatic heterocycles. The van der Waals surface area contributed by atoms with E-state index in [1.54, 1.807) is 13.4 Å². The van der Waals surface area contributed by atoms with Crippen LogP contribution in [0, 0.1) is 0 Å². The lowest BCUT2D eigenvalue weighted by Crippen LogP contribution is -2.47. The molecule has 0 spiro atoms. The van der Waals surface area contributed by atoms with E-state index in [1.165, 1.54) is 0 Å². The van der Waals surface area contributed by atoms with E-state index in [0.717, 1.165) is 35.7 Å². The predicted molar refractivity (Wildman–Crippen MR) is 105 cm³/mol. The van der Waals surface area contributed by atoms with Gasteiger partial charge in [0.1, 0.15) is 5.75 Å². The second kappa shape index (κ2) is 10.3. The summed E-state index contributed by atoms with van der Waals surface area (Å²) in [5.41, 5.74) is 3.22. The molecule has 11 heteroatoms. The number of alkyl halides is 3. The van der Waals surface area contributed by atoms with Crippen LogP contribution >= 0.6 is 0 Å². The third-order valence-electron chi connectivity index (χ3n) is 4.79. The SMILES string of the molecule is COc1cccc(C(C)NC(C)C(=O)N2CCc3nc[nH]c3C2)c1.O=C(O)C(F)(F)F. The molecule has 31 heavy (non-hydrogen) atoms. The Morgan fingerprint density at radius 3 is 2.61 bits per heavy atom. The zero-order chi connectivity index (χ0) is 23.2. The molecular weight excluding hydrogens is 417 g/mol. The lowest BCUT2D eigenvalue weighted by molar-refractivity contribution is -0.192. The summed E-state index contributed by atoms with van der Waals surface area (Å²) in [7, 11) is 1.66. The molecule has 1 aromatic carbocycles. The van der Waals surface area contributed by atoms with Crippen LogP contribution in [0.5, 0.6) is 5.75 Å². The second-order valence-electron chi connectivity index (χ2n) is 7.03. The molecule has 1 amide bonds. The number of hydrogen-bond donors (Lipinski definition) is 3. The van der Waals surface area contributed by atoms with Gasteiger partial charge in [0.15, 0.2) is 0 Å². The van der Waals surface area contributed by atoms with Crippen molar-refractivity contribution in [2.75, 3.05) is 13.7 Å². The van der Waals surface area contributed by atoms with E-state index in [-0.39, 0.29) is 18.0 Å². The van der Waals surface area contributed by atoms with Crippen LogP contribution in [-0.2, 0) is 22.6 Å². The summed E-state index contributed by atoms with van der Waals surface area (Å²) in [5, 5.41) is 10.5. The molecule has 0 fully saturated rings. The Balaban J connectivity index is 0.000000423. The molecule has 1 aliphatic rings. The third-order valence-corrected chi connectivity index (χ3v) is 4.79. The minimum atomic E-state index is -5.08. The topological polar surface area (TPSA) is 108 Å². The Morgan fingerprint density at radius 1 is 1.32 bits per heavy atom. The lowest BCUT2D eigenvalue weighted by atomic mass is 10.1. The zero-order valence-corrected chi connectivity index (χ0v) is 17.4. The maximum absolute atomic E-state index is 12.7. The first kappa shape index (κ1) is 24.2. The molecule has 0 radical (unpaired) electrons. The van der Waals surface area contributed by atoms with Gasteiger partial charge in [-0.05, 0) is 31.5 Å². The normalized spacial score (nSPS) is 15.2. The van der Waals surface area contributed by atoms with Crippen molar-refractivity contribution >= 4 is 11.9 Å². The monoisotopic (exact) mass is 442 g/mol. The number of carboxylic acid groups (broad SMARTS) is 1. The van der Waals surface area contributed by atoms with Gasteiger partial charge in [-0.3, -0.25) is 10.1 Å². The van der Waals surface area contributed by atoms with E-state index < -0.39 is 12.1 Å². The summed E-state index contributed by atoms with van der Waals surface area (Å²) >= 11 is 0. The number of fused-ring (bicyclic) bond motifs is 1. The van der Waals surface area contributed by atoms with Crippen LogP contribution in [0.1, 0.15) is 36.8 Å². The van der Waals surface area contributed by atoms with Gasteiger partial charge in [-0.1, -0.05) is 12.1 Å². The number of imidazole rings is 1. The maximum Gasteiger partial charge on any atom is 0.490 e. The highest BCUT2D eigenvalue weighted by Crippen LogP contribution is 2.20. The van der Waals surface area contributed by atoms with Gasteiger partial charge in [-0.15, -0.1) is 0 Å². The van der Waals surface area contributed by atoms with Crippen molar-refractivity contribution in [3.05, 3.63) is 47.5 Å². The molecule has 3 N–H and O–H groups in total. The van der Waals surface area contributed by atoms with Crippen molar-refractivity contribution in [2.45, 2.75) is 45.1 Å². The number of aromatic nitrogens is 2. The lowest BCUT2D eigenvalue weighted by Gasteiger charge is -2.30. The number of carbonyl (C=O) groups excluding carboxylic acids is 1. The van der Waals surface area contributed by atoms with Crippen LogP contribution in [0.25, 0.3) is 0 Å². The van der Waals surface area contributed by atoms with Gasteiger partial charge >= 0.3 is 12.1 Å². The minimum Gasteiger partial charge on any atom is -0.497 e. The molecule has 0 saturated heterocycles. The largest absolute Gasteiger partial charge is 0.497 e. The number of benzene rings is 1. The Hall–Kier alpha value is -3.08. The predicted octanol–water partition coefficient (Wildman–Crippen LogP) is 2.68. The minimum absolute atomic E-state index is 0.0616. The average Bonchev–Trinajstić information content (AvgIpc) is 3.20. The molecule has 1 aliphatic heterocycles. The summed E-state index contributed by atoms with van der Waals surface area (Å²) in [6.45, 7) is 5.30. The highest BCUT2D eigenvalue weighted by atomic mass is 19.4. The quantitative estimate of drug-likeness (QED) is 0.657. The van der Waals surface area contributed by atoms with Crippen LogP contribution in [0.2, 0.25) is 0 Å². The van der Waals surface area contributed by atoms with E-state index in [0.29, 0.717) is 6.54 Å². The number of amides is 1. The molecule has 0 saturated carbocycles. The van der Waals surface area contributed by atoms with Crippen molar-refractivity contribution < 1.29 is 32.6 Å². The Labute approximate surface area is 177 Å². The number of ether oxygens (including phenoxy) is 1. The number of H-pyrrole nitrogens is 1. The molecule has 2 aromatic rings. The smallest absolute Gasteiger partial charge is 0.490 e. The van der Waals surface area contributed by atoms with Gasteiger partial charge in [-0.2, -0.15) is 13.2 Å². The number of carbonyl (C=O) groups is 2. The van der Waals surface area contributed by atoms with E-state index in [9.17, 15) is 18.0 Å². The zero-order valence-electron chi connectivity index (χ0n) is 17.4. The highest BCUT2D eigenvalue weighted by Gasteiger charge is 2.38. The first-order chi connectivity index (χ1) is 14.5. The fraction of sp³-hybridized carbons (Fsp3) is 0.450. The first-order valence-electron chi connectivity index (χ1n) is 9.53. The third kappa shape index (κ3) is 6.71. The van der Waals surface area contributed by atoms with E-state index >= 15 is 0 Å². The average molecular weight is 442 g/mol.